The van der Waals surface area contributed by atoms with Crippen LogP contribution in [-0.4, -0.2) is 32.7 Å². The van der Waals surface area contributed by atoms with Gasteiger partial charge in [0.05, 0.1) is 11.6 Å². The fraction of sp³-hybridized carbons (Fsp3) is 0.583. The van der Waals surface area contributed by atoms with Gasteiger partial charge in [0.1, 0.15) is 4.90 Å². The number of nitrogens with zero attached hydrogens (tertiary/aromatic N) is 1. The molecule has 7 heteroatoms. The van der Waals surface area contributed by atoms with Gasteiger partial charge in [-0.25, -0.2) is 13.1 Å². The molecule has 0 aromatic carbocycles. The summed E-state index contributed by atoms with van der Waals surface area (Å²) in [4.78, 5) is 3.78. The van der Waals surface area contributed by atoms with Crippen molar-refractivity contribution in [3.63, 3.8) is 0 Å². The van der Waals surface area contributed by atoms with Crippen molar-refractivity contribution in [1.29, 1.82) is 0 Å². The van der Waals surface area contributed by atoms with E-state index in [0.29, 0.717) is 13.2 Å². The van der Waals surface area contributed by atoms with Crippen molar-refractivity contribution >= 4 is 21.6 Å². The predicted molar refractivity (Wildman–Crippen MR) is 74.7 cm³/mol. The second-order valence-electron chi connectivity index (χ2n) is 4.44. The Labute approximate surface area is 119 Å². The van der Waals surface area contributed by atoms with Gasteiger partial charge in [0, 0.05) is 25.0 Å². The molecule has 0 radical (unpaired) electrons. The summed E-state index contributed by atoms with van der Waals surface area (Å²) >= 11 is 5.89. The molecule has 0 aliphatic carbocycles. The third-order valence-corrected chi connectivity index (χ3v) is 4.60. The maximum atomic E-state index is 12.2. The van der Waals surface area contributed by atoms with Crippen molar-refractivity contribution in [2.24, 2.45) is 5.92 Å². The molecule has 19 heavy (non-hydrogen) atoms. The molecule has 1 rings (SSSR count). The molecule has 0 bridgehead atoms. The lowest BCUT2D eigenvalue weighted by Gasteiger charge is -2.22. The minimum Gasteiger partial charge on any atom is -0.380 e. The molecule has 1 atom stereocenters. The Morgan fingerprint density at radius 1 is 1.47 bits per heavy atom. The zero-order valence-corrected chi connectivity index (χ0v) is 12.8. The van der Waals surface area contributed by atoms with Gasteiger partial charge < -0.3 is 4.74 Å². The summed E-state index contributed by atoms with van der Waals surface area (Å²) in [5.74, 6) is 0.108. The minimum absolute atomic E-state index is 0.0150. The Hall–Kier alpha value is -0.690. The van der Waals surface area contributed by atoms with Crippen LogP contribution in [0.15, 0.2) is 23.4 Å². The van der Waals surface area contributed by atoms with Crippen LogP contribution < -0.4 is 4.72 Å². The highest BCUT2D eigenvalue weighted by Crippen LogP contribution is 2.20. The first-order valence-electron chi connectivity index (χ1n) is 6.08. The van der Waals surface area contributed by atoms with Crippen molar-refractivity contribution in [3.8, 4) is 0 Å². The van der Waals surface area contributed by atoms with Crippen molar-refractivity contribution in [2.45, 2.75) is 31.7 Å². The van der Waals surface area contributed by atoms with Gasteiger partial charge in [-0.3, -0.25) is 4.98 Å². The molecular formula is C12H19ClN2O3S. The first-order valence-corrected chi connectivity index (χ1v) is 7.94. The summed E-state index contributed by atoms with van der Waals surface area (Å²) in [5, 5.41) is 0.154. The normalized spacial score (nSPS) is 13.7. The Kier molecular flexibility index (Phi) is 6.19. The van der Waals surface area contributed by atoms with E-state index in [4.69, 9.17) is 16.3 Å². The topological polar surface area (TPSA) is 68.3 Å². The molecule has 1 aromatic rings. The summed E-state index contributed by atoms with van der Waals surface area (Å²) in [7, 11) is -3.69. The molecule has 0 fully saturated rings. The van der Waals surface area contributed by atoms with E-state index in [1.54, 1.807) is 0 Å². The van der Waals surface area contributed by atoms with E-state index in [0.717, 1.165) is 0 Å². The lowest BCUT2D eigenvalue weighted by atomic mass is 10.1. The smallest absolute Gasteiger partial charge is 0.243 e. The van der Waals surface area contributed by atoms with Crippen LogP contribution in [0.5, 0.6) is 0 Å². The number of ether oxygens (including phenoxy) is 1. The number of nitrogens with one attached hydrogen (secondary N) is 1. The summed E-state index contributed by atoms with van der Waals surface area (Å²) in [6.45, 7) is 6.59. The fourth-order valence-electron chi connectivity index (χ4n) is 1.43. The van der Waals surface area contributed by atoms with Gasteiger partial charge in [0.2, 0.25) is 10.0 Å². The zero-order valence-electron chi connectivity index (χ0n) is 11.3. The van der Waals surface area contributed by atoms with Crippen LogP contribution >= 0.6 is 11.6 Å². The van der Waals surface area contributed by atoms with E-state index in [1.807, 2.05) is 20.8 Å². The predicted octanol–water partition coefficient (Wildman–Crippen LogP) is 2.07. The third kappa shape index (κ3) is 4.72. The fourth-order valence-corrected chi connectivity index (χ4v) is 3.23. The Bertz CT molecular complexity index is 505. The molecule has 0 aliphatic heterocycles. The molecule has 0 amide bonds. The number of sulfonamides is 1. The van der Waals surface area contributed by atoms with Gasteiger partial charge >= 0.3 is 0 Å². The molecule has 1 heterocycles. The molecule has 0 aliphatic rings. The van der Waals surface area contributed by atoms with Crippen LogP contribution in [0.25, 0.3) is 0 Å². The number of rotatable bonds is 7. The Morgan fingerprint density at radius 3 is 2.68 bits per heavy atom. The minimum atomic E-state index is -3.69. The van der Waals surface area contributed by atoms with Crippen LogP contribution in [-0.2, 0) is 14.8 Å². The molecule has 0 spiro atoms. The number of halogens is 1. The van der Waals surface area contributed by atoms with Crippen molar-refractivity contribution < 1.29 is 13.2 Å². The molecular weight excluding hydrogens is 288 g/mol. The lowest BCUT2D eigenvalue weighted by Crippen LogP contribution is -2.41. The van der Waals surface area contributed by atoms with Gasteiger partial charge in [-0.1, -0.05) is 25.4 Å². The monoisotopic (exact) mass is 306 g/mol. The second-order valence-corrected chi connectivity index (χ2v) is 6.53. The van der Waals surface area contributed by atoms with Crippen molar-refractivity contribution in [1.82, 2.24) is 9.71 Å². The average Bonchev–Trinajstić information content (AvgIpc) is 2.34. The summed E-state index contributed by atoms with van der Waals surface area (Å²) in [6.07, 6.45) is 2.68. The van der Waals surface area contributed by atoms with Crippen LogP contribution in [0.2, 0.25) is 5.02 Å². The summed E-state index contributed by atoms with van der Waals surface area (Å²) in [5.41, 5.74) is 0. The van der Waals surface area contributed by atoms with Crippen LogP contribution in [0, 0.1) is 5.92 Å². The Balaban J connectivity index is 2.91. The maximum absolute atomic E-state index is 12.2. The molecule has 1 aromatic heterocycles. The van der Waals surface area contributed by atoms with E-state index in [-0.39, 0.29) is 21.9 Å². The third-order valence-electron chi connectivity index (χ3n) is 2.64. The Morgan fingerprint density at radius 2 is 2.16 bits per heavy atom. The van der Waals surface area contributed by atoms with E-state index >= 15 is 0 Å². The van der Waals surface area contributed by atoms with Gasteiger partial charge in [-0.2, -0.15) is 0 Å². The summed E-state index contributed by atoms with van der Waals surface area (Å²) in [6, 6.07) is 1.14. The van der Waals surface area contributed by atoms with Crippen LogP contribution in [0.3, 0.4) is 0 Å². The number of hydrogen-bond donors (Lipinski definition) is 1. The number of aromatic nitrogens is 1. The first-order chi connectivity index (χ1) is 8.88. The molecule has 0 saturated carbocycles. The standard InChI is InChI=1S/C12H19ClN2O3S/c1-4-18-8-11(9(2)3)15-19(16,17)12-7-14-6-5-10(12)13/h5-7,9,11,15H,4,8H2,1-3H3. The van der Waals surface area contributed by atoms with Crippen molar-refractivity contribution in [3.05, 3.63) is 23.5 Å². The molecule has 1 unspecified atom stereocenters. The van der Waals surface area contributed by atoms with Gasteiger partial charge in [0.15, 0.2) is 0 Å². The average molecular weight is 307 g/mol. The van der Waals surface area contributed by atoms with Crippen molar-refractivity contribution in [2.75, 3.05) is 13.2 Å². The highest BCUT2D eigenvalue weighted by molar-refractivity contribution is 7.89. The van der Waals surface area contributed by atoms with Gasteiger partial charge in [-0.15, -0.1) is 0 Å². The van der Waals surface area contributed by atoms with Gasteiger partial charge in [0.25, 0.3) is 0 Å². The molecule has 108 valence electrons. The second kappa shape index (κ2) is 7.19. The highest BCUT2D eigenvalue weighted by atomic mass is 35.5. The highest BCUT2D eigenvalue weighted by Gasteiger charge is 2.24. The number of pyridine rings is 1. The molecule has 0 saturated heterocycles. The quantitative estimate of drug-likeness (QED) is 0.837. The number of hydrogen-bond acceptors (Lipinski definition) is 4. The van der Waals surface area contributed by atoms with E-state index in [9.17, 15) is 8.42 Å². The van der Waals surface area contributed by atoms with Crippen LogP contribution in [0.1, 0.15) is 20.8 Å². The van der Waals surface area contributed by atoms with Crippen LogP contribution in [0.4, 0.5) is 0 Å². The van der Waals surface area contributed by atoms with E-state index in [1.165, 1.54) is 18.5 Å². The van der Waals surface area contributed by atoms with E-state index in [2.05, 4.69) is 9.71 Å². The summed E-state index contributed by atoms with van der Waals surface area (Å²) < 4.78 is 32.4. The van der Waals surface area contributed by atoms with E-state index < -0.39 is 10.0 Å². The molecule has 1 N–H and O–H groups in total. The zero-order chi connectivity index (χ0) is 14.5. The largest absolute Gasteiger partial charge is 0.380 e. The first kappa shape index (κ1) is 16.4. The molecule has 5 nitrogen and oxygen atoms in total. The van der Waals surface area contributed by atoms with Gasteiger partial charge in [-0.05, 0) is 18.9 Å². The lowest BCUT2D eigenvalue weighted by molar-refractivity contribution is 0.116. The SMILES string of the molecule is CCOCC(NS(=O)(=O)c1cnccc1Cl)C(C)C. The maximum Gasteiger partial charge on any atom is 0.243 e.